The fourth-order valence-corrected chi connectivity index (χ4v) is 7.33. The first kappa shape index (κ1) is 23.9. The van der Waals surface area contributed by atoms with Crippen LogP contribution in [0.3, 0.4) is 0 Å². The average Bonchev–Trinajstić information content (AvgIpc) is 3.22. The molecule has 3 atom stereocenters. The van der Waals surface area contributed by atoms with Gasteiger partial charge in [-0.1, -0.05) is 45.8 Å². The SMILES string of the molecule is O=C(O)c1ccc2nc(N3C[C@@H]4C[C@H]3C[C@@H]4OC(=O)c3c(-c4c(Cl)cccc4Cl)noc3C3CC3)sc2c1. The molecule has 0 unspecified atom stereocenters. The lowest BCUT2D eigenvalue weighted by Crippen LogP contribution is -2.39. The second-order valence-corrected chi connectivity index (χ2v) is 11.9. The zero-order valence-electron chi connectivity index (χ0n) is 19.9. The average molecular weight is 570 g/mol. The van der Waals surface area contributed by atoms with Gasteiger partial charge >= 0.3 is 11.9 Å². The fourth-order valence-electron chi connectivity index (χ4n) is 5.67. The maximum atomic E-state index is 13.6. The fraction of sp³-hybridized carbons (Fsp3) is 0.333. The minimum Gasteiger partial charge on any atom is -0.478 e. The van der Waals surface area contributed by atoms with Crippen LogP contribution in [-0.2, 0) is 4.74 Å². The summed E-state index contributed by atoms with van der Waals surface area (Å²) in [5, 5.41) is 15.1. The van der Waals surface area contributed by atoms with Crippen molar-refractivity contribution in [2.45, 2.75) is 43.7 Å². The molecular formula is C27H21Cl2N3O5S. The van der Waals surface area contributed by atoms with Crippen molar-refractivity contribution in [3.63, 3.8) is 0 Å². The van der Waals surface area contributed by atoms with Crippen LogP contribution in [0.5, 0.6) is 0 Å². The maximum Gasteiger partial charge on any atom is 0.344 e. The van der Waals surface area contributed by atoms with Gasteiger partial charge in [0.1, 0.15) is 17.4 Å². The summed E-state index contributed by atoms with van der Waals surface area (Å²) in [5.41, 5.74) is 2.15. The zero-order chi connectivity index (χ0) is 26.1. The monoisotopic (exact) mass is 569 g/mol. The first-order chi connectivity index (χ1) is 18.4. The normalized spacial score (nSPS) is 22.4. The van der Waals surface area contributed by atoms with E-state index in [0.717, 1.165) is 41.2 Å². The molecule has 1 N–H and O–H groups in total. The number of hydrogen-bond acceptors (Lipinski definition) is 8. The van der Waals surface area contributed by atoms with Gasteiger partial charge in [0, 0.05) is 36.4 Å². The third-order valence-corrected chi connectivity index (χ3v) is 9.36. The Hall–Kier alpha value is -3.14. The van der Waals surface area contributed by atoms with E-state index in [1.165, 1.54) is 11.3 Å². The molecule has 4 aromatic rings. The van der Waals surface area contributed by atoms with Gasteiger partial charge in [0.2, 0.25) is 0 Å². The highest BCUT2D eigenvalue weighted by Crippen LogP contribution is 2.48. The summed E-state index contributed by atoms with van der Waals surface area (Å²) >= 11 is 14.4. The first-order valence-electron chi connectivity index (χ1n) is 12.4. The van der Waals surface area contributed by atoms with Crippen LogP contribution in [0.1, 0.15) is 58.1 Å². The highest BCUT2D eigenvalue weighted by molar-refractivity contribution is 7.22. The van der Waals surface area contributed by atoms with Crippen molar-refractivity contribution >= 4 is 61.8 Å². The number of ether oxygens (including phenoxy) is 1. The van der Waals surface area contributed by atoms with Crippen molar-refractivity contribution in [3.8, 4) is 11.3 Å². The number of halogens is 2. The Balaban J connectivity index is 1.11. The second-order valence-electron chi connectivity index (χ2n) is 10.1. The van der Waals surface area contributed by atoms with Crippen LogP contribution in [0.4, 0.5) is 5.13 Å². The van der Waals surface area contributed by atoms with Gasteiger partial charge in [-0.25, -0.2) is 14.6 Å². The smallest absolute Gasteiger partial charge is 0.344 e. The summed E-state index contributed by atoms with van der Waals surface area (Å²) in [6.07, 6.45) is 3.23. The van der Waals surface area contributed by atoms with Gasteiger partial charge in [0.15, 0.2) is 10.9 Å². The Morgan fingerprint density at radius 2 is 1.92 bits per heavy atom. The maximum absolute atomic E-state index is 13.6. The number of rotatable bonds is 6. The Labute approximate surface area is 231 Å². The lowest BCUT2D eigenvalue weighted by atomic mass is 10.0. The number of benzene rings is 2. The van der Waals surface area contributed by atoms with Gasteiger partial charge in [0.25, 0.3) is 0 Å². The van der Waals surface area contributed by atoms with Gasteiger partial charge < -0.3 is 19.3 Å². The van der Waals surface area contributed by atoms with E-state index < -0.39 is 11.9 Å². The third-order valence-electron chi connectivity index (χ3n) is 7.68. The lowest BCUT2D eigenvalue weighted by molar-refractivity contribution is 0.0191. The molecule has 0 radical (unpaired) electrons. The van der Waals surface area contributed by atoms with E-state index in [-0.39, 0.29) is 29.5 Å². The van der Waals surface area contributed by atoms with Crippen LogP contribution >= 0.6 is 34.5 Å². The molecule has 194 valence electrons. The molecule has 2 aliphatic carbocycles. The molecule has 11 heteroatoms. The standard InChI is InChI=1S/C27H21Cl2N3O5S/c28-16-2-1-3-17(29)21(16)23-22(24(37-31-23)12-4-5-12)26(35)36-19-10-15-8-14(19)11-32(15)27-30-18-7-6-13(25(33)34)9-20(18)38-27/h1-3,6-7,9,12,14-15,19H,4-5,8,10-11H2,(H,33,34)/t14-,15-,19-/m0/s1. The van der Waals surface area contributed by atoms with Gasteiger partial charge in [0.05, 0.1) is 25.8 Å². The zero-order valence-corrected chi connectivity index (χ0v) is 22.2. The van der Waals surface area contributed by atoms with Crippen LogP contribution in [0.25, 0.3) is 21.5 Å². The number of carbonyl (C=O) groups is 2. The number of anilines is 1. The Kier molecular flexibility index (Phi) is 5.65. The van der Waals surface area contributed by atoms with E-state index in [1.807, 2.05) is 0 Å². The molecule has 1 aliphatic heterocycles. The molecule has 2 bridgehead atoms. The van der Waals surface area contributed by atoms with Crippen LogP contribution in [-0.4, -0.2) is 45.9 Å². The van der Waals surface area contributed by atoms with Gasteiger partial charge in [-0.05, 0) is 49.6 Å². The number of hydrogen-bond donors (Lipinski definition) is 1. The van der Waals surface area contributed by atoms with Gasteiger partial charge in [-0.15, -0.1) is 0 Å². The molecule has 3 aliphatic rings. The third kappa shape index (κ3) is 3.95. The highest BCUT2D eigenvalue weighted by atomic mass is 35.5. The Morgan fingerprint density at radius 1 is 1.13 bits per heavy atom. The molecular weight excluding hydrogens is 549 g/mol. The van der Waals surface area contributed by atoms with E-state index in [1.54, 1.807) is 36.4 Å². The number of esters is 1. The van der Waals surface area contributed by atoms with Crippen molar-refractivity contribution in [3.05, 3.63) is 63.3 Å². The van der Waals surface area contributed by atoms with Gasteiger partial charge in [-0.2, -0.15) is 0 Å². The summed E-state index contributed by atoms with van der Waals surface area (Å²) in [5.74, 6) is -0.548. The number of nitrogens with zero attached hydrogens (tertiary/aromatic N) is 3. The van der Waals surface area contributed by atoms with E-state index in [2.05, 4.69) is 10.1 Å². The molecule has 1 saturated heterocycles. The molecule has 2 saturated carbocycles. The van der Waals surface area contributed by atoms with Crippen molar-refractivity contribution in [2.24, 2.45) is 5.92 Å². The number of carboxylic acids is 1. The van der Waals surface area contributed by atoms with Gasteiger partial charge in [-0.3, -0.25) is 0 Å². The predicted octanol–water partition coefficient (Wildman–Crippen LogP) is 6.66. The number of carboxylic acid groups (broad SMARTS) is 1. The second kappa shape index (κ2) is 8.97. The van der Waals surface area contributed by atoms with E-state index in [4.69, 9.17) is 37.4 Å². The van der Waals surface area contributed by atoms with Crippen LogP contribution in [0, 0.1) is 5.92 Å². The van der Waals surface area contributed by atoms with Crippen molar-refractivity contribution in [1.29, 1.82) is 0 Å². The van der Waals surface area contributed by atoms with Crippen LogP contribution in [0.15, 0.2) is 40.9 Å². The van der Waals surface area contributed by atoms with E-state index >= 15 is 0 Å². The summed E-state index contributed by atoms with van der Waals surface area (Å²) in [6.45, 7) is 0.719. The van der Waals surface area contributed by atoms with Crippen molar-refractivity contribution < 1.29 is 24.0 Å². The number of aromatic carboxylic acids is 1. The lowest BCUT2D eigenvalue weighted by Gasteiger charge is -2.31. The molecule has 7 rings (SSSR count). The number of thiazole rings is 1. The minimum atomic E-state index is -0.954. The summed E-state index contributed by atoms with van der Waals surface area (Å²) < 4.78 is 12.6. The molecule has 2 aromatic heterocycles. The number of aromatic nitrogens is 2. The van der Waals surface area contributed by atoms with Crippen molar-refractivity contribution in [1.82, 2.24) is 10.1 Å². The Bertz CT molecular complexity index is 1590. The molecule has 0 amide bonds. The van der Waals surface area contributed by atoms with E-state index in [0.29, 0.717) is 39.0 Å². The molecule has 38 heavy (non-hydrogen) atoms. The molecule has 3 heterocycles. The summed E-state index contributed by atoms with van der Waals surface area (Å²) in [4.78, 5) is 31.9. The Morgan fingerprint density at radius 3 is 2.61 bits per heavy atom. The topological polar surface area (TPSA) is 106 Å². The van der Waals surface area contributed by atoms with E-state index in [9.17, 15) is 14.7 Å². The molecule has 8 nitrogen and oxygen atoms in total. The number of piperidine rings is 1. The minimum absolute atomic E-state index is 0.149. The largest absolute Gasteiger partial charge is 0.478 e. The summed E-state index contributed by atoms with van der Waals surface area (Å²) in [6, 6.07) is 10.3. The number of carbonyl (C=O) groups excluding carboxylic acids is 1. The molecule has 3 fully saturated rings. The molecule has 2 aromatic carbocycles. The number of fused-ring (bicyclic) bond motifs is 3. The summed E-state index contributed by atoms with van der Waals surface area (Å²) in [7, 11) is 0. The molecule has 0 spiro atoms. The van der Waals surface area contributed by atoms with Crippen molar-refractivity contribution in [2.75, 3.05) is 11.4 Å². The first-order valence-corrected chi connectivity index (χ1v) is 14.0. The highest BCUT2D eigenvalue weighted by Gasteiger charge is 2.48. The quantitative estimate of drug-likeness (QED) is 0.257. The van der Waals surface area contributed by atoms with Crippen LogP contribution in [0.2, 0.25) is 10.0 Å². The van der Waals surface area contributed by atoms with Crippen LogP contribution < -0.4 is 4.90 Å². The predicted molar refractivity (Wildman–Crippen MR) is 144 cm³/mol.